The SMILES string of the molecule is C/C(=N\NC(=O)c1ccncc1)C1CC2CCC1C2. The highest BCUT2D eigenvalue weighted by Gasteiger charge is 2.40. The van der Waals surface area contributed by atoms with Gasteiger partial charge in [-0.2, -0.15) is 5.10 Å². The summed E-state index contributed by atoms with van der Waals surface area (Å²) in [6, 6.07) is 3.38. The van der Waals surface area contributed by atoms with Gasteiger partial charge < -0.3 is 0 Å². The van der Waals surface area contributed by atoms with Crippen molar-refractivity contribution in [1.29, 1.82) is 0 Å². The van der Waals surface area contributed by atoms with Gasteiger partial charge in [0.15, 0.2) is 0 Å². The van der Waals surface area contributed by atoms with Crippen LogP contribution in [0.25, 0.3) is 0 Å². The Morgan fingerprint density at radius 3 is 2.74 bits per heavy atom. The lowest BCUT2D eigenvalue weighted by molar-refractivity contribution is 0.0954. The molecule has 0 aliphatic heterocycles. The second-order valence-corrected chi connectivity index (χ2v) is 5.71. The van der Waals surface area contributed by atoms with Crippen molar-refractivity contribution in [2.75, 3.05) is 0 Å². The number of pyridine rings is 1. The minimum Gasteiger partial charge on any atom is -0.267 e. The predicted molar refractivity (Wildman–Crippen MR) is 73.8 cm³/mol. The van der Waals surface area contributed by atoms with Crippen LogP contribution in [-0.4, -0.2) is 16.6 Å². The van der Waals surface area contributed by atoms with Gasteiger partial charge in [0.1, 0.15) is 0 Å². The topological polar surface area (TPSA) is 54.4 Å². The number of fused-ring (bicyclic) bond motifs is 2. The van der Waals surface area contributed by atoms with E-state index >= 15 is 0 Å². The van der Waals surface area contributed by atoms with Crippen LogP contribution in [0.3, 0.4) is 0 Å². The molecular weight excluding hydrogens is 238 g/mol. The molecule has 0 aromatic carbocycles. The molecule has 0 radical (unpaired) electrons. The molecule has 2 saturated carbocycles. The third-order valence-electron chi connectivity index (χ3n) is 4.55. The van der Waals surface area contributed by atoms with E-state index in [1.807, 2.05) is 6.92 Å². The van der Waals surface area contributed by atoms with Crippen LogP contribution >= 0.6 is 0 Å². The molecule has 1 amide bonds. The van der Waals surface area contributed by atoms with Crippen molar-refractivity contribution < 1.29 is 4.79 Å². The Balaban J connectivity index is 1.62. The molecule has 19 heavy (non-hydrogen) atoms. The number of hydrogen-bond acceptors (Lipinski definition) is 3. The second-order valence-electron chi connectivity index (χ2n) is 5.71. The van der Waals surface area contributed by atoms with E-state index < -0.39 is 0 Å². The van der Waals surface area contributed by atoms with Crippen molar-refractivity contribution in [3.05, 3.63) is 30.1 Å². The van der Waals surface area contributed by atoms with Gasteiger partial charge in [-0.05, 0) is 50.2 Å². The van der Waals surface area contributed by atoms with Crippen LogP contribution in [0.5, 0.6) is 0 Å². The first-order valence-electron chi connectivity index (χ1n) is 6.98. The molecular formula is C15H19N3O. The molecule has 1 N–H and O–H groups in total. The predicted octanol–water partition coefficient (Wildman–Crippen LogP) is 2.62. The third-order valence-corrected chi connectivity index (χ3v) is 4.55. The van der Waals surface area contributed by atoms with Crippen molar-refractivity contribution in [2.45, 2.75) is 32.6 Å². The Kier molecular flexibility index (Phi) is 3.32. The van der Waals surface area contributed by atoms with Gasteiger partial charge in [0.25, 0.3) is 5.91 Å². The number of hydrazone groups is 1. The molecule has 4 nitrogen and oxygen atoms in total. The first-order chi connectivity index (χ1) is 9.24. The molecule has 3 unspecified atom stereocenters. The van der Waals surface area contributed by atoms with E-state index in [0.29, 0.717) is 11.5 Å². The average molecular weight is 257 g/mol. The van der Waals surface area contributed by atoms with Crippen molar-refractivity contribution >= 4 is 11.6 Å². The van der Waals surface area contributed by atoms with E-state index in [9.17, 15) is 4.79 Å². The third kappa shape index (κ3) is 2.53. The van der Waals surface area contributed by atoms with Gasteiger partial charge in [0.2, 0.25) is 0 Å². The van der Waals surface area contributed by atoms with Crippen LogP contribution in [0, 0.1) is 17.8 Å². The molecule has 2 bridgehead atoms. The summed E-state index contributed by atoms with van der Waals surface area (Å²) in [5, 5.41) is 4.30. The normalized spacial score (nSPS) is 29.5. The van der Waals surface area contributed by atoms with Gasteiger partial charge in [0.05, 0.1) is 0 Å². The number of carbonyl (C=O) groups excluding carboxylic acids is 1. The minimum absolute atomic E-state index is 0.162. The molecule has 1 aromatic rings. The highest BCUT2D eigenvalue weighted by atomic mass is 16.2. The fraction of sp³-hybridized carbons (Fsp3) is 0.533. The van der Waals surface area contributed by atoms with E-state index in [-0.39, 0.29) is 5.91 Å². The Morgan fingerprint density at radius 1 is 1.32 bits per heavy atom. The smallest absolute Gasteiger partial charge is 0.267 e. The molecule has 1 aromatic heterocycles. The fourth-order valence-corrected chi connectivity index (χ4v) is 3.55. The van der Waals surface area contributed by atoms with E-state index in [2.05, 4.69) is 15.5 Å². The first-order valence-corrected chi connectivity index (χ1v) is 6.98. The first kappa shape index (κ1) is 12.3. The maximum atomic E-state index is 11.9. The second kappa shape index (κ2) is 5.11. The van der Waals surface area contributed by atoms with Crippen molar-refractivity contribution in [3.8, 4) is 0 Å². The lowest BCUT2D eigenvalue weighted by Crippen LogP contribution is -2.24. The number of nitrogens with zero attached hydrogens (tertiary/aromatic N) is 2. The van der Waals surface area contributed by atoms with Crippen LogP contribution < -0.4 is 5.43 Å². The van der Waals surface area contributed by atoms with Gasteiger partial charge in [-0.25, -0.2) is 5.43 Å². The summed E-state index contributed by atoms with van der Waals surface area (Å²) in [5.74, 6) is 2.11. The Bertz CT molecular complexity index is 497. The van der Waals surface area contributed by atoms with Crippen molar-refractivity contribution in [2.24, 2.45) is 22.9 Å². The molecule has 2 aliphatic rings. The minimum atomic E-state index is -0.162. The van der Waals surface area contributed by atoms with Gasteiger partial charge in [-0.1, -0.05) is 6.42 Å². The van der Waals surface area contributed by atoms with E-state index in [1.54, 1.807) is 24.5 Å². The van der Waals surface area contributed by atoms with Gasteiger partial charge in [-0.3, -0.25) is 9.78 Å². The van der Waals surface area contributed by atoms with Crippen LogP contribution in [0.2, 0.25) is 0 Å². The number of hydrogen-bond donors (Lipinski definition) is 1. The average Bonchev–Trinajstić information content (AvgIpc) is 3.08. The maximum Gasteiger partial charge on any atom is 0.271 e. The van der Waals surface area contributed by atoms with Crippen LogP contribution in [0.4, 0.5) is 0 Å². The summed E-state index contributed by atoms with van der Waals surface area (Å²) >= 11 is 0. The van der Waals surface area contributed by atoms with Gasteiger partial charge >= 0.3 is 0 Å². The molecule has 3 rings (SSSR count). The van der Waals surface area contributed by atoms with Crippen LogP contribution in [0.1, 0.15) is 43.0 Å². The summed E-state index contributed by atoms with van der Waals surface area (Å²) < 4.78 is 0. The van der Waals surface area contributed by atoms with E-state index in [4.69, 9.17) is 0 Å². The highest BCUT2D eigenvalue weighted by Crippen LogP contribution is 2.48. The van der Waals surface area contributed by atoms with Gasteiger partial charge in [-0.15, -0.1) is 0 Å². The standard InChI is InChI=1S/C15H19N3O/c1-10(14-9-11-2-3-13(14)8-11)17-18-15(19)12-4-6-16-7-5-12/h4-7,11,13-14H,2-3,8-9H2,1H3,(H,18,19)/b17-10+. The van der Waals surface area contributed by atoms with E-state index in [0.717, 1.165) is 17.5 Å². The number of rotatable bonds is 3. The van der Waals surface area contributed by atoms with E-state index in [1.165, 1.54) is 25.7 Å². The Hall–Kier alpha value is -1.71. The van der Waals surface area contributed by atoms with Crippen molar-refractivity contribution in [3.63, 3.8) is 0 Å². The number of amides is 1. The Morgan fingerprint density at radius 2 is 2.11 bits per heavy atom. The van der Waals surface area contributed by atoms with Crippen LogP contribution in [-0.2, 0) is 0 Å². The largest absolute Gasteiger partial charge is 0.271 e. The Labute approximate surface area is 113 Å². The molecule has 2 fully saturated rings. The zero-order chi connectivity index (χ0) is 13.2. The summed E-state index contributed by atoms with van der Waals surface area (Å²) in [5.41, 5.74) is 4.33. The summed E-state index contributed by atoms with van der Waals surface area (Å²) in [4.78, 5) is 15.8. The zero-order valence-electron chi connectivity index (χ0n) is 11.2. The number of aromatic nitrogens is 1. The summed E-state index contributed by atoms with van der Waals surface area (Å²) in [6.45, 7) is 2.04. The fourth-order valence-electron chi connectivity index (χ4n) is 3.55. The van der Waals surface area contributed by atoms with Crippen molar-refractivity contribution in [1.82, 2.24) is 10.4 Å². The molecule has 4 heteroatoms. The maximum absolute atomic E-state index is 11.9. The quantitative estimate of drug-likeness (QED) is 0.668. The molecule has 2 aliphatic carbocycles. The number of carbonyl (C=O) groups is 1. The highest BCUT2D eigenvalue weighted by molar-refractivity contribution is 5.95. The molecule has 0 spiro atoms. The number of nitrogens with one attached hydrogen (secondary N) is 1. The molecule has 0 saturated heterocycles. The lowest BCUT2D eigenvalue weighted by atomic mass is 9.86. The van der Waals surface area contributed by atoms with Gasteiger partial charge in [0, 0.05) is 29.6 Å². The summed E-state index contributed by atoms with van der Waals surface area (Å²) in [7, 11) is 0. The molecule has 1 heterocycles. The van der Waals surface area contributed by atoms with Crippen LogP contribution in [0.15, 0.2) is 29.6 Å². The zero-order valence-corrected chi connectivity index (χ0v) is 11.2. The summed E-state index contributed by atoms with van der Waals surface area (Å²) in [6.07, 6.45) is 8.56. The molecule has 100 valence electrons. The lowest BCUT2D eigenvalue weighted by Gasteiger charge is -2.21. The monoisotopic (exact) mass is 257 g/mol. The molecule has 3 atom stereocenters.